The zero-order valence-corrected chi connectivity index (χ0v) is 15.9. The molecule has 0 unspecified atom stereocenters. The van der Waals surface area contributed by atoms with Gasteiger partial charge in [0.2, 0.25) is 5.88 Å². The average Bonchev–Trinajstić information content (AvgIpc) is 2.69. The van der Waals surface area contributed by atoms with Crippen molar-refractivity contribution < 1.29 is 9.53 Å². The molecule has 7 heteroatoms. The second-order valence-corrected chi connectivity index (χ2v) is 7.30. The van der Waals surface area contributed by atoms with E-state index in [1.54, 1.807) is 13.3 Å². The monoisotopic (exact) mass is 372 g/mol. The molecule has 2 heterocycles. The number of thioether (sulfide) groups is 1. The lowest BCUT2D eigenvalue weighted by atomic mass is 10.1. The third-order valence-corrected chi connectivity index (χ3v) is 5.26. The first-order valence-corrected chi connectivity index (χ1v) is 9.79. The van der Waals surface area contributed by atoms with E-state index in [9.17, 15) is 4.79 Å². The van der Waals surface area contributed by atoms with Crippen LogP contribution in [-0.4, -0.2) is 42.7 Å². The van der Waals surface area contributed by atoms with E-state index in [0.717, 1.165) is 29.9 Å². The number of amides is 2. The van der Waals surface area contributed by atoms with Gasteiger partial charge in [-0.1, -0.05) is 6.07 Å². The summed E-state index contributed by atoms with van der Waals surface area (Å²) in [7, 11) is 1.57. The molecule has 6 nitrogen and oxygen atoms in total. The van der Waals surface area contributed by atoms with Crippen LogP contribution in [0.1, 0.15) is 11.1 Å². The van der Waals surface area contributed by atoms with Gasteiger partial charge in [0.25, 0.3) is 0 Å². The number of pyridine rings is 1. The maximum Gasteiger partial charge on any atom is 0.319 e. The standard InChI is InChI=1S/C19H24N4O2S/c1-14-12-16(23-8-10-26-11-9-23)5-6-17(14)22-19(24)21-13-15-4-3-7-20-18(15)25-2/h3-7,12H,8-11,13H2,1-2H3,(H2,21,22,24). The summed E-state index contributed by atoms with van der Waals surface area (Å²) >= 11 is 1.99. The Kier molecular flexibility index (Phi) is 6.22. The van der Waals surface area contributed by atoms with Gasteiger partial charge in [-0.2, -0.15) is 11.8 Å². The minimum absolute atomic E-state index is 0.249. The van der Waals surface area contributed by atoms with Gasteiger partial charge >= 0.3 is 6.03 Å². The fourth-order valence-electron chi connectivity index (χ4n) is 2.89. The van der Waals surface area contributed by atoms with Crippen LogP contribution in [0.2, 0.25) is 0 Å². The number of ether oxygens (including phenoxy) is 1. The lowest BCUT2D eigenvalue weighted by Crippen LogP contribution is -2.32. The smallest absolute Gasteiger partial charge is 0.319 e. The normalized spacial score (nSPS) is 14.0. The second kappa shape index (κ2) is 8.80. The molecule has 1 aromatic heterocycles. The van der Waals surface area contributed by atoms with Gasteiger partial charge in [-0.3, -0.25) is 0 Å². The Hall–Kier alpha value is -2.41. The number of hydrogen-bond donors (Lipinski definition) is 2. The highest BCUT2D eigenvalue weighted by Crippen LogP contribution is 2.25. The van der Waals surface area contributed by atoms with Crippen LogP contribution in [0, 0.1) is 6.92 Å². The fraction of sp³-hybridized carbons (Fsp3) is 0.368. The third kappa shape index (κ3) is 4.60. The fourth-order valence-corrected chi connectivity index (χ4v) is 3.79. The van der Waals surface area contributed by atoms with Gasteiger partial charge in [-0.25, -0.2) is 9.78 Å². The van der Waals surface area contributed by atoms with Gasteiger partial charge in [-0.15, -0.1) is 0 Å². The van der Waals surface area contributed by atoms with Gasteiger partial charge in [-0.05, 0) is 36.8 Å². The molecule has 2 N–H and O–H groups in total. The summed E-state index contributed by atoms with van der Waals surface area (Å²) in [6.07, 6.45) is 1.66. The van der Waals surface area contributed by atoms with Gasteiger partial charge in [0, 0.05) is 54.3 Å². The highest BCUT2D eigenvalue weighted by molar-refractivity contribution is 7.99. The summed E-state index contributed by atoms with van der Waals surface area (Å²) in [5.41, 5.74) is 3.92. The molecule has 1 saturated heterocycles. The lowest BCUT2D eigenvalue weighted by molar-refractivity contribution is 0.251. The largest absolute Gasteiger partial charge is 0.481 e. The molecule has 0 radical (unpaired) electrons. The second-order valence-electron chi connectivity index (χ2n) is 6.08. The SMILES string of the molecule is COc1ncccc1CNC(=O)Nc1ccc(N2CCSCC2)cc1C. The third-order valence-electron chi connectivity index (χ3n) is 4.32. The summed E-state index contributed by atoms with van der Waals surface area (Å²) in [4.78, 5) is 18.7. The van der Waals surface area contributed by atoms with Crippen molar-refractivity contribution in [3.05, 3.63) is 47.7 Å². The predicted molar refractivity (Wildman–Crippen MR) is 107 cm³/mol. The number of methoxy groups -OCH3 is 1. The van der Waals surface area contributed by atoms with E-state index < -0.39 is 0 Å². The zero-order chi connectivity index (χ0) is 18.4. The van der Waals surface area contributed by atoms with Crippen LogP contribution in [0.25, 0.3) is 0 Å². The molecule has 138 valence electrons. The Morgan fingerprint density at radius 2 is 2.12 bits per heavy atom. The van der Waals surface area contributed by atoms with Crippen LogP contribution in [0.5, 0.6) is 5.88 Å². The van der Waals surface area contributed by atoms with Gasteiger partial charge < -0.3 is 20.3 Å². The van der Waals surface area contributed by atoms with E-state index in [0.29, 0.717) is 12.4 Å². The number of benzene rings is 1. The molecule has 0 bridgehead atoms. The van der Waals surface area contributed by atoms with Gasteiger partial charge in [0.05, 0.1) is 7.11 Å². The number of nitrogens with one attached hydrogen (secondary N) is 2. The van der Waals surface area contributed by atoms with E-state index in [1.165, 1.54) is 17.2 Å². The predicted octanol–water partition coefficient (Wildman–Crippen LogP) is 3.27. The number of urea groups is 1. The number of rotatable bonds is 5. The van der Waals surface area contributed by atoms with Crippen LogP contribution in [0.15, 0.2) is 36.5 Å². The first-order valence-electron chi connectivity index (χ1n) is 8.63. The van der Waals surface area contributed by atoms with Crippen molar-refractivity contribution in [2.24, 2.45) is 0 Å². The Balaban J connectivity index is 1.58. The number of anilines is 2. The first-order chi connectivity index (χ1) is 12.7. The summed E-state index contributed by atoms with van der Waals surface area (Å²) in [5, 5.41) is 5.76. The quantitative estimate of drug-likeness (QED) is 0.843. The Labute approximate surface area is 158 Å². The molecular formula is C19H24N4O2S. The number of carbonyl (C=O) groups is 1. The molecule has 1 aromatic carbocycles. The maximum absolute atomic E-state index is 12.2. The molecule has 1 fully saturated rings. The van der Waals surface area contributed by atoms with Gasteiger partial charge in [0.1, 0.15) is 0 Å². The van der Waals surface area contributed by atoms with Crippen LogP contribution in [0.4, 0.5) is 16.2 Å². The number of aryl methyl sites for hydroxylation is 1. The Morgan fingerprint density at radius 3 is 2.85 bits per heavy atom. The summed E-state index contributed by atoms with van der Waals surface area (Å²) < 4.78 is 5.20. The number of aromatic nitrogens is 1. The van der Waals surface area contributed by atoms with Crippen molar-refractivity contribution >= 4 is 29.2 Å². The Bertz CT molecular complexity index is 763. The number of hydrogen-bond acceptors (Lipinski definition) is 5. The summed E-state index contributed by atoms with van der Waals surface area (Å²) in [6, 6.07) is 9.62. The Morgan fingerprint density at radius 1 is 1.31 bits per heavy atom. The van der Waals surface area contributed by atoms with Crippen molar-refractivity contribution in [3.8, 4) is 5.88 Å². The topological polar surface area (TPSA) is 66.5 Å². The van der Waals surface area contributed by atoms with E-state index >= 15 is 0 Å². The van der Waals surface area contributed by atoms with Crippen LogP contribution in [-0.2, 0) is 6.54 Å². The van der Waals surface area contributed by atoms with Crippen molar-refractivity contribution in [1.29, 1.82) is 0 Å². The molecule has 0 aliphatic carbocycles. The van der Waals surface area contributed by atoms with Crippen molar-refractivity contribution in [2.75, 3.05) is 41.9 Å². The van der Waals surface area contributed by atoms with E-state index in [2.05, 4.69) is 32.7 Å². The average molecular weight is 372 g/mol. The van der Waals surface area contributed by atoms with Crippen LogP contribution in [0.3, 0.4) is 0 Å². The van der Waals surface area contributed by atoms with E-state index in [4.69, 9.17) is 4.74 Å². The minimum Gasteiger partial charge on any atom is -0.481 e. The summed E-state index contributed by atoms with van der Waals surface area (Å²) in [5.74, 6) is 2.85. The van der Waals surface area contributed by atoms with Crippen molar-refractivity contribution in [2.45, 2.75) is 13.5 Å². The zero-order valence-electron chi connectivity index (χ0n) is 15.1. The molecule has 0 atom stereocenters. The van der Waals surface area contributed by atoms with Crippen molar-refractivity contribution in [1.82, 2.24) is 10.3 Å². The lowest BCUT2D eigenvalue weighted by Gasteiger charge is -2.29. The maximum atomic E-state index is 12.2. The number of carbonyl (C=O) groups excluding carboxylic acids is 1. The van der Waals surface area contributed by atoms with E-state index in [1.807, 2.05) is 36.9 Å². The molecular weight excluding hydrogens is 348 g/mol. The molecule has 0 saturated carbocycles. The van der Waals surface area contributed by atoms with E-state index in [-0.39, 0.29) is 6.03 Å². The molecule has 2 aromatic rings. The molecule has 0 spiro atoms. The first kappa shape index (κ1) is 18.4. The molecule has 3 rings (SSSR count). The number of nitrogens with zero attached hydrogens (tertiary/aromatic N) is 2. The van der Waals surface area contributed by atoms with Crippen molar-refractivity contribution in [3.63, 3.8) is 0 Å². The van der Waals surface area contributed by atoms with Crippen LogP contribution < -0.4 is 20.3 Å². The highest BCUT2D eigenvalue weighted by atomic mass is 32.2. The van der Waals surface area contributed by atoms with Crippen LogP contribution >= 0.6 is 11.8 Å². The summed E-state index contributed by atoms with van der Waals surface area (Å²) in [6.45, 7) is 4.52. The minimum atomic E-state index is -0.249. The molecule has 1 aliphatic rings. The molecule has 1 aliphatic heterocycles. The molecule has 2 amide bonds. The molecule has 26 heavy (non-hydrogen) atoms. The van der Waals surface area contributed by atoms with Gasteiger partial charge in [0.15, 0.2) is 0 Å². The highest BCUT2D eigenvalue weighted by Gasteiger charge is 2.13.